The highest BCUT2D eigenvalue weighted by molar-refractivity contribution is 6.03. The fourth-order valence-corrected chi connectivity index (χ4v) is 2.75. The minimum Gasteiger partial charge on any atom is -0.372 e. The first-order valence-electron chi connectivity index (χ1n) is 8.85. The summed E-state index contributed by atoms with van der Waals surface area (Å²) in [5.74, 6) is 0.667. The maximum absolute atomic E-state index is 11.9. The Labute approximate surface area is 144 Å². The lowest BCUT2D eigenvalue weighted by molar-refractivity contribution is -0.126. The summed E-state index contributed by atoms with van der Waals surface area (Å²) in [5.41, 5.74) is 1.92. The van der Waals surface area contributed by atoms with Crippen molar-refractivity contribution in [3.63, 3.8) is 0 Å². The van der Waals surface area contributed by atoms with Gasteiger partial charge in [-0.05, 0) is 48.9 Å². The lowest BCUT2D eigenvalue weighted by Gasteiger charge is -2.32. The van der Waals surface area contributed by atoms with Crippen molar-refractivity contribution in [2.75, 3.05) is 29.9 Å². The maximum atomic E-state index is 11.9. The van der Waals surface area contributed by atoms with Crippen LogP contribution in [0.25, 0.3) is 0 Å². The predicted molar refractivity (Wildman–Crippen MR) is 98.1 cm³/mol. The Morgan fingerprint density at radius 2 is 1.75 bits per heavy atom. The molecule has 132 valence electrons. The van der Waals surface area contributed by atoms with Crippen molar-refractivity contribution in [3.8, 4) is 0 Å². The first-order valence-corrected chi connectivity index (χ1v) is 8.85. The normalized spacial score (nSPS) is 15.4. The van der Waals surface area contributed by atoms with E-state index in [1.165, 1.54) is 18.5 Å². The van der Waals surface area contributed by atoms with E-state index in [9.17, 15) is 9.59 Å². The van der Waals surface area contributed by atoms with Crippen molar-refractivity contribution in [2.24, 2.45) is 11.8 Å². The predicted octanol–water partition coefficient (Wildman–Crippen LogP) is 3.02. The minimum absolute atomic E-state index is 0.140. The van der Waals surface area contributed by atoms with E-state index in [4.69, 9.17) is 0 Å². The number of benzene rings is 1. The highest BCUT2D eigenvalue weighted by Gasteiger charge is 2.16. The molecule has 5 heteroatoms. The van der Waals surface area contributed by atoms with Gasteiger partial charge in [0.25, 0.3) is 0 Å². The third-order valence-corrected chi connectivity index (χ3v) is 4.33. The topological polar surface area (TPSA) is 61.4 Å². The zero-order valence-electron chi connectivity index (χ0n) is 15.0. The van der Waals surface area contributed by atoms with Crippen LogP contribution in [0.15, 0.2) is 24.3 Å². The van der Waals surface area contributed by atoms with Crippen LogP contribution in [-0.4, -0.2) is 31.4 Å². The van der Waals surface area contributed by atoms with Crippen molar-refractivity contribution in [2.45, 2.75) is 40.0 Å². The van der Waals surface area contributed by atoms with Gasteiger partial charge in [-0.3, -0.25) is 9.59 Å². The van der Waals surface area contributed by atoms with Crippen LogP contribution in [0.4, 0.5) is 11.4 Å². The number of rotatable bonds is 6. The van der Waals surface area contributed by atoms with Gasteiger partial charge in [-0.1, -0.05) is 20.8 Å². The Morgan fingerprint density at radius 1 is 1.12 bits per heavy atom. The molecular formula is C19H29N3O2. The molecule has 0 saturated carbocycles. The van der Waals surface area contributed by atoms with Gasteiger partial charge in [-0.15, -0.1) is 0 Å². The SMILES string of the molecule is CC(C)CNC(=O)CC(=O)Nc1ccc(N2CCC(C)CC2)cc1. The number of nitrogens with one attached hydrogen (secondary N) is 2. The number of carbonyl (C=O) groups excluding carboxylic acids is 2. The molecule has 0 aliphatic carbocycles. The Kier molecular flexibility index (Phi) is 6.64. The number of nitrogens with zero attached hydrogens (tertiary/aromatic N) is 1. The van der Waals surface area contributed by atoms with Crippen molar-refractivity contribution in [1.82, 2.24) is 5.32 Å². The van der Waals surface area contributed by atoms with E-state index in [1.807, 2.05) is 38.1 Å². The van der Waals surface area contributed by atoms with Crippen LogP contribution in [0.2, 0.25) is 0 Å². The second kappa shape index (κ2) is 8.71. The lowest BCUT2D eigenvalue weighted by atomic mass is 9.99. The molecule has 1 aliphatic heterocycles. The highest BCUT2D eigenvalue weighted by atomic mass is 16.2. The van der Waals surface area contributed by atoms with Crippen molar-refractivity contribution >= 4 is 23.2 Å². The summed E-state index contributed by atoms with van der Waals surface area (Å²) < 4.78 is 0. The summed E-state index contributed by atoms with van der Waals surface area (Å²) in [6.07, 6.45) is 2.31. The second-order valence-corrected chi connectivity index (χ2v) is 7.14. The summed E-state index contributed by atoms with van der Waals surface area (Å²) in [7, 11) is 0. The minimum atomic E-state index is -0.282. The molecule has 1 fully saturated rings. The number of piperidine rings is 1. The maximum Gasteiger partial charge on any atom is 0.233 e. The Balaban J connectivity index is 1.80. The standard InChI is InChI=1S/C19H29N3O2/c1-14(2)13-20-18(23)12-19(24)21-16-4-6-17(7-5-16)22-10-8-15(3)9-11-22/h4-7,14-15H,8-13H2,1-3H3,(H,20,23)(H,21,24). The van der Waals surface area contributed by atoms with E-state index in [1.54, 1.807) is 0 Å². The van der Waals surface area contributed by atoms with Crippen LogP contribution in [0.1, 0.15) is 40.0 Å². The quantitative estimate of drug-likeness (QED) is 0.788. The molecule has 1 aromatic carbocycles. The fraction of sp³-hybridized carbons (Fsp3) is 0.579. The molecule has 5 nitrogen and oxygen atoms in total. The molecule has 0 atom stereocenters. The third-order valence-electron chi connectivity index (χ3n) is 4.33. The summed E-state index contributed by atoms with van der Waals surface area (Å²) in [5, 5.41) is 5.53. The Hall–Kier alpha value is -2.04. The second-order valence-electron chi connectivity index (χ2n) is 7.14. The zero-order valence-corrected chi connectivity index (χ0v) is 15.0. The van der Waals surface area contributed by atoms with Gasteiger partial charge in [0.2, 0.25) is 11.8 Å². The molecule has 0 unspecified atom stereocenters. The van der Waals surface area contributed by atoms with E-state index in [-0.39, 0.29) is 18.2 Å². The molecule has 0 radical (unpaired) electrons. The first-order chi connectivity index (χ1) is 11.4. The van der Waals surface area contributed by atoms with Crippen molar-refractivity contribution in [3.05, 3.63) is 24.3 Å². The molecule has 1 aromatic rings. The van der Waals surface area contributed by atoms with E-state index in [0.717, 1.165) is 24.7 Å². The average Bonchev–Trinajstić information content (AvgIpc) is 2.54. The van der Waals surface area contributed by atoms with Crippen LogP contribution >= 0.6 is 0 Å². The molecule has 1 heterocycles. The van der Waals surface area contributed by atoms with Gasteiger partial charge in [0.05, 0.1) is 0 Å². The van der Waals surface area contributed by atoms with E-state index < -0.39 is 0 Å². The van der Waals surface area contributed by atoms with Crippen LogP contribution in [0, 0.1) is 11.8 Å². The molecule has 1 aliphatic rings. The van der Waals surface area contributed by atoms with Gasteiger partial charge in [0.1, 0.15) is 6.42 Å². The molecule has 0 aromatic heterocycles. The molecule has 2 N–H and O–H groups in total. The fourth-order valence-electron chi connectivity index (χ4n) is 2.75. The summed E-state index contributed by atoms with van der Waals surface area (Å²) in [6, 6.07) is 7.86. The van der Waals surface area contributed by atoms with Crippen LogP contribution in [-0.2, 0) is 9.59 Å². The number of hydrogen-bond donors (Lipinski definition) is 2. The van der Waals surface area contributed by atoms with Crippen molar-refractivity contribution in [1.29, 1.82) is 0 Å². The van der Waals surface area contributed by atoms with Gasteiger partial charge in [0.15, 0.2) is 0 Å². The summed E-state index contributed by atoms with van der Waals surface area (Å²) >= 11 is 0. The van der Waals surface area contributed by atoms with Gasteiger partial charge in [-0.25, -0.2) is 0 Å². The lowest BCUT2D eigenvalue weighted by Crippen LogP contribution is -2.32. The molecule has 1 saturated heterocycles. The largest absolute Gasteiger partial charge is 0.372 e. The molecular weight excluding hydrogens is 302 g/mol. The first kappa shape index (κ1) is 18.3. The number of amides is 2. The van der Waals surface area contributed by atoms with E-state index >= 15 is 0 Å². The highest BCUT2D eigenvalue weighted by Crippen LogP contribution is 2.24. The molecule has 2 amide bonds. The number of hydrogen-bond acceptors (Lipinski definition) is 3. The van der Waals surface area contributed by atoms with Gasteiger partial charge in [-0.2, -0.15) is 0 Å². The van der Waals surface area contributed by atoms with Gasteiger partial charge in [0, 0.05) is 31.0 Å². The Bertz CT molecular complexity index is 546. The average molecular weight is 331 g/mol. The summed E-state index contributed by atoms with van der Waals surface area (Å²) in [4.78, 5) is 25.9. The monoisotopic (exact) mass is 331 g/mol. The van der Waals surface area contributed by atoms with Crippen LogP contribution < -0.4 is 15.5 Å². The smallest absolute Gasteiger partial charge is 0.233 e. The summed E-state index contributed by atoms with van der Waals surface area (Å²) in [6.45, 7) is 9.10. The zero-order chi connectivity index (χ0) is 17.5. The van der Waals surface area contributed by atoms with Gasteiger partial charge >= 0.3 is 0 Å². The molecule has 0 bridgehead atoms. The molecule has 24 heavy (non-hydrogen) atoms. The van der Waals surface area contributed by atoms with Crippen molar-refractivity contribution < 1.29 is 9.59 Å². The van der Waals surface area contributed by atoms with Gasteiger partial charge < -0.3 is 15.5 Å². The third kappa shape index (κ3) is 5.87. The Morgan fingerprint density at radius 3 is 2.33 bits per heavy atom. The van der Waals surface area contributed by atoms with Crippen LogP contribution in [0.5, 0.6) is 0 Å². The van der Waals surface area contributed by atoms with E-state index in [2.05, 4.69) is 22.5 Å². The molecule has 0 spiro atoms. The van der Waals surface area contributed by atoms with E-state index in [0.29, 0.717) is 12.5 Å². The number of carbonyl (C=O) groups is 2. The van der Waals surface area contributed by atoms with Crippen LogP contribution in [0.3, 0.4) is 0 Å². The number of anilines is 2. The molecule has 2 rings (SSSR count).